The standard InChI is InChI=1S/C26H29ClN4O4S/c1-6-13-34-24-18(16-28)14-20(15-22(24)27)26(3,4)19-7-9-21(10-8-19)35-17(2)23-11-12-29-25(30-23)31-36(5,32)33/h7-12,14-15,17H,6,13H2,1-5H3,(H,29,30,31). The number of sulfonamides is 1. The van der Waals surface area contributed by atoms with Crippen molar-refractivity contribution in [1.82, 2.24) is 9.97 Å². The lowest BCUT2D eigenvalue weighted by Gasteiger charge is -2.27. The van der Waals surface area contributed by atoms with E-state index in [0.717, 1.165) is 23.8 Å². The number of hydrogen-bond donors (Lipinski definition) is 1. The van der Waals surface area contributed by atoms with Crippen molar-refractivity contribution in [1.29, 1.82) is 5.26 Å². The van der Waals surface area contributed by atoms with E-state index < -0.39 is 21.5 Å². The molecule has 2 aromatic carbocycles. The van der Waals surface area contributed by atoms with E-state index in [9.17, 15) is 13.7 Å². The predicted octanol–water partition coefficient (Wildman–Crippen LogP) is 5.63. The second-order valence-electron chi connectivity index (χ2n) is 8.88. The van der Waals surface area contributed by atoms with Gasteiger partial charge in [0.2, 0.25) is 16.0 Å². The quantitative estimate of drug-likeness (QED) is 0.362. The summed E-state index contributed by atoms with van der Waals surface area (Å²) >= 11 is 6.49. The number of nitriles is 1. The van der Waals surface area contributed by atoms with Crippen molar-refractivity contribution in [2.24, 2.45) is 0 Å². The second kappa shape index (κ2) is 11.1. The molecule has 0 radical (unpaired) electrons. The molecule has 1 aromatic heterocycles. The number of halogens is 1. The Labute approximate surface area is 217 Å². The lowest BCUT2D eigenvalue weighted by Crippen LogP contribution is -2.19. The summed E-state index contributed by atoms with van der Waals surface area (Å²) < 4.78 is 36.9. The fourth-order valence-electron chi connectivity index (χ4n) is 3.58. The zero-order valence-corrected chi connectivity index (χ0v) is 22.4. The molecule has 0 saturated heterocycles. The van der Waals surface area contributed by atoms with Crippen LogP contribution in [0.3, 0.4) is 0 Å². The lowest BCUT2D eigenvalue weighted by atomic mass is 9.77. The molecular formula is C26H29ClN4O4S. The van der Waals surface area contributed by atoms with Crippen LogP contribution < -0.4 is 14.2 Å². The van der Waals surface area contributed by atoms with Crippen LogP contribution in [-0.4, -0.2) is 31.2 Å². The van der Waals surface area contributed by atoms with E-state index >= 15 is 0 Å². The minimum Gasteiger partial charge on any atom is -0.491 e. The molecule has 0 aliphatic carbocycles. The fourth-order valence-corrected chi connectivity index (χ4v) is 4.29. The number of nitrogens with one attached hydrogen (secondary N) is 1. The van der Waals surface area contributed by atoms with Gasteiger partial charge in [0.1, 0.15) is 17.9 Å². The Morgan fingerprint density at radius 3 is 2.47 bits per heavy atom. The van der Waals surface area contributed by atoms with Gasteiger partial charge >= 0.3 is 0 Å². The highest BCUT2D eigenvalue weighted by Crippen LogP contribution is 2.38. The van der Waals surface area contributed by atoms with Gasteiger partial charge in [-0.1, -0.05) is 44.5 Å². The Kier molecular flexibility index (Phi) is 8.43. The van der Waals surface area contributed by atoms with Crippen LogP contribution in [0.25, 0.3) is 0 Å². The van der Waals surface area contributed by atoms with Gasteiger partial charge in [-0.3, -0.25) is 4.72 Å². The van der Waals surface area contributed by atoms with Gasteiger partial charge in [-0.2, -0.15) is 5.26 Å². The SMILES string of the molecule is CCCOc1c(Cl)cc(C(C)(C)c2ccc(OC(C)c3ccnc(NS(C)(=O)=O)n3)cc2)cc1C#N. The van der Waals surface area contributed by atoms with Gasteiger partial charge in [-0.15, -0.1) is 0 Å². The van der Waals surface area contributed by atoms with Crippen LogP contribution in [0.2, 0.25) is 5.02 Å². The predicted molar refractivity (Wildman–Crippen MR) is 140 cm³/mol. The van der Waals surface area contributed by atoms with E-state index in [2.05, 4.69) is 34.6 Å². The van der Waals surface area contributed by atoms with Gasteiger partial charge in [-0.25, -0.2) is 18.4 Å². The average molecular weight is 529 g/mol. The normalized spacial score (nSPS) is 12.5. The first kappa shape index (κ1) is 27.2. The van der Waals surface area contributed by atoms with E-state index in [1.165, 1.54) is 6.20 Å². The van der Waals surface area contributed by atoms with Crippen LogP contribution in [0.5, 0.6) is 11.5 Å². The molecule has 1 atom stereocenters. The molecule has 0 fully saturated rings. The number of aromatic nitrogens is 2. The summed E-state index contributed by atoms with van der Waals surface area (Å²) in [7, 11) is -3.48. The van der Waals surface area contributed by atoms with Gasteiger partial charge in [-0.05, 0) is 54.8 Å². The van der Waals surface area contributed by atoms with Crippen molar-refractivity contribution in [2.45, 2.75) is 45.6 Å². The highest BCUT2D eigenvalue weighted by atomic mass is 35.5. The minimum atomic E-state index is -3.48. The maximum absolute atomic E-state index is 11.4. The molecule has 10 heteroatoms. The average Bonchev–Trinajstić information content (AvgIpc) is 2.82. The van der Waals surface area contributed by atoms with Gasteiger partial charge in [0.15, 0.2) is 5.75 Å². The largest absolute Gasteiger partial charge is 0.491 e. The summed E-state index contributed by atoms with van der Waals surface area (Å²) in [5, 5.41) is 10.1. The van der Waals surface area contributed by atoms with Gasteiger partial charge in [0, 0.05) is 11.6 Å². The van der Waals surface area contributed by atoms with E-state index in [1.807, 2.05) is 50.2 Å². The third kappa shape index (κ3) is 6.65. The molecule has 3 aromatic rings. The van der Waals surface area contributed by atoms with Crippen molar-refractivity contribution in [3.63, 3.8) is 0 Å². The smallest absolute Gasteiger partial charge is 0.236 e. The fraction of sp³-hybridized carbons (Fsp3) is 0.346. The molecular weight excluding hydrogens is 500 g/mol. The number of rotatable bonds is 10. The maximum atomic E-state index is 11.4. The Hall–Kier alpha value is -3.35. The molecule has 1 unspecified atom stereocenters. The topological polar surface area (TPSA) is 114 Å². The van der Waals surface area contributed by atoms with E-state index in [-0.39, 0.29) is 5.95 Å². The molecule has 8 nitrogen and oxygen atoms in total. The third-order valence-corrected chi connectivity index (χ3v) is 6.43. The molecule has 36 heavy (non-hydrogen) atoms. The summed E-state index contributed by atoms with van der Waals surface area (Å²) in [6, 6.07) is 15.2. The zero-order chi connectivity index (χ0) is 26.5. The van der Waals surface area contributed by atoms with Crippen LogP contribution in [0, 0.1) is 11.3 Å². The highest BCUT2D eigenvalue weighted by molar-refractivity contribution is 7.91. The molecule has 3 rings (SSSR count). The summed E-state index contributed by atoms with van der Waals surface area (Å²) in [5.41, 5.74) is 2.39. The lowest BCUT2D eigenvalue weighted by molar-refractivity contribution is 0.222. The van der Waals surface area contributed by atoms with E-state index in [0.29, 0.717) is 34.4 Å². The van der Waals surface area contributed by atoms with Crippen LogP contribution in [0.15, 0.2) is 48.7 Å². The van der Waals surface area contributed by atoms with Crippen molar-refractivity contribution >= 4 is 27.6 Å². The van der Waals surface area contributed by atoms with E-state index in [1.54, 1.807) is 6.07 Å². The summed E-state index contributed by atoms with van der Waals surface area (Å²) in [6.07, 6.45) is 2.88. The van der Waals surface area contributed by atoms with E-state index in [4.69, 9.17) is 21.1 Å². The van der Waals surface area contributed by atoms with Crippen molar-refractivity contribution in [3.8, 4) is 17.6 Å². The summed E-state index contributed by atoms with van der Waals surface area (Å²) in [6.45, 7) is 8.41. The number of hydrogen-bond acceptors (Lipinski definition) is 7. The Balaban J connectivity index is 1.80. The highest BCUT2D eigenvalue weighted by Gasteiger charge is 2.26. The first-order chi connectivity index (χ1) is 16.9. The Morgan fingerprint density at radius 1 is 1.17 bits per heavy atom. The molecule has 0 bridgehead atoms. The molecule has 0 amide bonds. The second-order valence-corrected chi connectivity index (χ2v) is 11.0. The molecule has 0 saturated carbocycles. The molecule has 0 aliphatic heterocycles. The molecule has 0 spiro atoms. The number of ether oxygens (including phenoxy) is 2. The molecule has 1 N–H and O–H groups in total. The van der Waals surface area contributed by atoms with Crippen LogP contribution in [0.1, 0.15) is 62.6 Å². The van der Waals surface area contributed by atoms with Crippen molar-refractivity contribution in [2.75, 3.05) is 17.6 Å². The van der Waals surface area contributed by atoms with Crippen molar-refractivity contribution in [3.05, 3.63) is 76.1 Å². The zero-order valence-electron chi connectivity index (χ0n) is 20.9. The molecule has 0 aliphatic rings. The first-order valence-corrected chi connectivity index (χ1v) is 13.7. The van der Waals surface area contributed by atoms with Crippen molar-refractivity contribution < 1.29 is 17.9 Å². The Morgan fingerprint density at radius 2 is 1.86 bits per heavy atom. The Bertz CT molecular complexity index is 1370. The van der Waals surface area contributed by atoms with Gasteiger partial charge in [0.25, 0.3) is 0 Å². The number of anilines is 1. The van der Waals surface area contributed by atoms with Gasteiger partial charge in [0.05, 0.1) is 29.1 Å². The monoisotopic (exact) mass is 528 g/mol. The van der Waals surface area contributed by atoms with Gasteiger partial charge < -0.3 is 9.47 Å². The molecule has 1 heterocycles. The van der Waals surface area contributed by atoms with Crippen LogP contribution in [-0.2, 0) is 15.4 Å². The first-order valence-electron chi connectivity index (χ1n) is 11.4. The number of nitrogens with zero attached hydrogens (tertiary/aromatic N) is 3. The maximum Gasteiger partial charge on any atom is 0.236 e. The number of benzene rings is 2. The summed E-state index contributed by atoms with van der Waals surface area (Å²) in [5.74, 6) is 1.03. The van der Waals surface area contributed by atoms with Crippen LogP contribution in [0.4, 0.5) is 5.95 Å². The minimum absolute atomic E-state index is 0.0101. The molecule has 190 valence electrons. The summed E-state index contributed by atoms with van der Waals surface area (Å²) in [4.78, 5) is 8.15. The third-order valence-electron chi connectivity index (χ3n) is 5.60. The van der Waals surface area contributed by atoms with Crippen LogP contribution >= 0.6 is 11.6 Å².